The fourth-order valence-electron chi connectivity index (χ4n) is 3.52. The number of amides is 1. The Labute approximate surface area is 171 Å². The van der Waals surface area contributed by atoms with Gasteiger partial charge in [-0.15, -0.1) is 0 Å². The summed E-state index contributed by atoms with van der Waals surface area (Å²) < 4.78 is 40.0. The van der Waals surface area contributed by atoms with Gasteiger partial charge >= 0.3 is 0 Å². The van der Waals surface area contributed by atoms with Crippen molar-refractivity contribution in [1.29, 1.82) is 0 Å². The quantitative estimate of drug-likeness (QED) is 0.710. The molecule has 1 amide bonds. The summed E-state index contributed by atoms with van der Waals surface area (Å²) in [5.74, 6) is -0.323. The minimum Gasteiger partial charge on any atom is -0.335 e. The molecule has 1 N–H and O–H groups in total. The maximum absolute atomic E-state index is 13.3. The van der Waals surface area contributed by atoms with E-state index in [0.717, 1.165) is 16.0 Å². The van der Waals surface area contributed by atoms with Gasteiger partial charge in [0.25, 0.3) is 5.91 Å². The molecule has 2 aromatic rings. The zero-order chi connectivity index (χ0) is 20.9. The van der Waals surface area contributed by atoms with Crippen LogP contribution in [-0.2, 0) is 27.1 Å². The molecule has 1 aliphatic heterocycles. The van der Waals surface area contributed by atoms with Gasteiger partial charge in [-0.3, -0.25) is 4.79 Å². The number of carbonyl (C=O) groups is 1. The predicted molar refractivity (Wildman–Crippen MR) is 109 cm³/mol. The molecule has 0 aliphatic carbocycles. The molecule has 1 heterocycles. The largest absolute Gasteiger partial charge is 0.335 e. The molecule has 0 radical (unpaired) electrons. The van der Waals surface area contributed by atoms with Crippen molar-refractivity contribution in [2.45, 2.75) is 12.3 Å². The van der Waals surface area contributed by atoms with Gasteiger partial charge in [-0.2, -0.15) is 4.31 Å². The molecule has 3 rings (SSSR count). The maximum atomic E-state index is 13.3. The number of quaternary nitrogens is 1. The van der Waals surface area contributed by atoms with E-state index in [0.29, 0.717) is 32.7 Å². The minimum absolute atomic E-state index is 0.0148. The number of sulfonamides is 1. The third kappa shape index (κ3) is 6.09. The zero-order valence-electron chi connectivity index (χ0n) is 16.6. The van der Waals surface area contributed by atoms with E-state index in [-0.39, 0.29) is 24.0 Å². The van der Waals surface area contributed by atoms with E-state index in [9.17, 15) is 17.6 Å². The smallest absolute Gasteiger partial charge is 0.277 e. The second-order valence-corrected chi connectivity index (χ2v) is 9.43. The van der Waals surface area contributed by atoms with Gasteiger partial charge in [-0.25, -0.2) is 12.8 Å². The Morgan fingerprint density at radius 3 is 2.31 bits per heavy atom. The fourth-order valence-corrected chi connectivity index (χ4v) is 5.04. The number of nitrogens with zero attached hydrogens (tertiary/aromatic N) is 2. The van der Waals surface area contributed by atoms with Crippen LogP contribution in [0.25, 0.3) is 0 Å². The molecule has 156 valence electrons. The Bertz CT molecular complexity index is 929. The number of rotatable bonds is 7. The van der Waals surface area contributed by atoms with Crippen LogP contribution >= 0.6 is 0 Å². The van der Waals surface area contributed by atoms with Crippen LogP contribution in [-0.4, -0.2) is 63.3 Å². The van der Waals surface area contributed by atoms with E-state index in [2.05, 4.69) is 0 Å². The number of benzene rings is 2. The second-order valence-electron chi connectivity index (χ2n) is 7.46. The minimum atomic E-state index is -3.40. The number of carbonyl (C=O) groups excluding carboxylic acids is 1. The Hall–Kier alpha value is -2.29. The van der Waals surface area contributed by atoms with Crippen LogP contribution in [0.4, 0.5) is 4.39 Å². The van der Waals surface area contributed by atoms with Crippen LogP contribution in [0, 0.1) is 5.82 Å². The first-order valence-corrected chi connectivity index (χ1v) is 11.3. The maximum Gasteiger partial charge on any atom is 0.277 e. The Morgan fingerprint density at radius 2 is 1.66 bits per heavy atom. The summed E-state index contributed by atoms with van der Waals surface area (Å²) in [7, 11) is -1.51. The molecule has 0 spiro atoms. The summed E-state index contributed by atoms with van der Waals surface area (Å²) in [5, 5.41) is 0. The molecule has 1 fully saturated rings. The summed E-state index contributed by atoms with van der Waals surface area (Å²) in [6.45, 7) is 2.23. The van der Waals surface area contributed by atoms with Gasteiger partial charge in [-0.1, -0.05) is 42.5 Å². The average molecular weight is 421 g/mol. The highest BCUT2D eigenvalue weighted by molar-refractivity contribution is 7.88. The number of hydrogen-bond acceptors (Lipinski definition) is 3. The molecule has 1 saturated heterocycles. The standard InChI is InChI=1S/C21H26FN3O3S/c1-23(15-19-8-5-9-20(22)14-19)16-21(26)24-10-12-25(13-11-24)29(27,28)17-18-6-3-2-4-7-18/h2-9,14H,10-13,15-17H2,1H3/p+1. The van der Waals surface area contributed by atoms with E-state index >= 15 is 0 Å². The monoisotopic (exact) mass is 420 g/mol. The number of nitrogens with one attached hydrogen (secondary N) is 1. The molecule has 1 atom stereocenters. The van der Waals surface area contributed by atoms with E-state index < -0.39 is 10.0 Å². The van der Waals surface area contributed by atoms with Gasteiger partial charge < -0.3 is 9.80 Å². The van der Waals surface area contributed by atoms with Crippen molar-refractivity contribution in [3.63, 3.8) is 0 Å². The number of hydrogen-bond donors (Lipinski definition) is 1. The Kier molecular flexibility index (Phi) is 7.00. The van der Waals surface area contributed by atoms with Gasteiger partial charge in [0.05, 0.1) is 12.8 Å². The van der Waals surface area contributed by atoms with E-state index in [4.69, 9.17) is 0 Å². The van der Waals surface area contributed by atoms with Gasteiger partial charge in [-0.05, 0) is 17.7 Å². The molecule has 0 aromatic heterocycles. The average Bonchev–Trinajstić information content (AvgIpc) is 2.68. The van der Waals surface area contributed by atoms with E-state index in [1.165, 1.54) is 16.4 Å². The molecule has 29 heavy (non-hydrogen) atoms. The number of likely N-dealkylation sites (N-methyl/N-ethyl adjacent to an activating group) is 1. The van der Waals surface area contributed by atoms with Crippen LogP contribution in [0.2, 0.25) is 0 Å². The SMILES string of the molecule is C[NH+](CC(=O)N1CCN(S(=O)(=O)Cc2ccccc2)CC1)Cc1cccc(F)c1. The first-order chi connectivity index (χ1) is 13.8. The summed E-state index contributed by atoms with van der Waals surface area (Å²) in [6, 6.07) is 15.5. The van der Waals surface area contributed by atoms with Crippen molar-refractivity contribution in [3.05, 3.63) is 71.5 Å². The normalized spacial score (nSPS) is 16.6. The van der Waals surface area contributed by atoms with Gasteiger partial charge in [0.1, 0.15) is 12.4 Å². The lowest BCUT2D eigenvalue weighted by molar-refractivity contribution is -0.885. The van der Waals surface area contributed by atoms with E-state index in [1.54, 1.807) is 23.1 Å². The van der Waals surface area contributed by atoms with Crippen molar-refractivity contribution < 1.29 is 22.5 Å². The third-order valence-corrected chi connectivity index (χ3v) is 6.87. The molecule has 8 heteroatoms. The molecule has 1 unspecified atom stereocenters. The van der Waals surface area contributed by atoms with Crippen LogP contribution in [0.15, 0.2) is 54.6 Å². The predicted octanol–water partition coefficient (Wildman–Crippen LogP) is 0.515. The van der Waals surface area contributed by atoms with Gasteiger partial charge in [0, 0.05) is 31.7 Å². The first-order valence-electron chi connectivity index (χ1n) is 9.69. The van der Waals surface area contributed by atoms with Crippen LogP contribution < -0.4 is 4.90 Å². The Morgan fingerprint density at radius 1 is 1.00 bits per heavy atom. The highest BCUT2D eigenvalue weighted by atomic mass is 32.2. The summed E-state index contributed by atoms with van der Waals surface area (Å²) in [6.07, 6.45) is 0. The van der Waals surface area contributed by atoms with Crippen molar-refractivity contribution in [3.8, 4) is 0 Å². The van der Waals surface area contributed by atoms with Crippen molar-refractivity contribution in [2.24, 2.45) is 0 Å². The third-order valence-electron chi connectivity index (χ3n) is 5.02. The fraction of sp³-hybridized carbons (Fsp3) is 0.381. The molecule has 6 nitrogen and oxygen atoms in total. The lowest BCUT2D eigenvalue weighted by atomic mass is 10.2. The van der Waals surface area contributed by atoms with Gasteiger partial charge in [0.2, 0.25) is 10.0 Å². The molecule has 0 bridgehead atoms. The zero-order valence-corrected chi connectivity index (χ0v) is 17.4. The lowest BCUT2D eigenvalue weighted by Gasteiger charge is -2.34. The van der Waals surface area contributed by atoms with E-state index in [1.807, 2.05) is 31.3 Å². The van der Waals surface area contributed by atoms with Gasteiger partial charge in [0.15, 0.2) is 6.54 Å². The highest BCUT2D eigenvalue weighted by Gasteiger charge is 2.29. The molecular formula is C21H27FN3O3S+. The van der Waals surface area contributed by atoms with Crippen molar-refractivity contribution in [1.82, 2.24) is 9.21 Å². The molecular weight excluding hydrogens is 393 g/mol. The van der Waals surface area contributed by atoms with Crippen LogP contribution in [0.1, 0.15) is 11.1 Å². The van der Waals surface area contributed by atoms with Crippen molar-refractivity contribution in [2.75, 3.05) is 39.8 Å². The summed E-state index contributed by atoms with van der Waals surface area (Å²) >= 11 is 0. The summed E-state index contributed by atoms with van der Waals surface area (Å²) in [4.78, 5) is 15.2. The molecule has 1 aliphatic rings. The van der Waals surface area contributed by atoms with Crippen molar-refractivity contribution >= 4 is 15.9 Å². The van der Waals surface area contributed by atoms with Crippen LogP contribution in [0.3, 0.4) is 0 Å². The molecule has 0 saturated carbocycles. The lowest BCUT2D eigenvalue weighted by Crippen LogP contribution is -3.09. The highest BCUT2D eigenvalue weighted by Crippen LogP contribution is 2.13. The topological polar surface area (TPSA) is 62.1 Å². The Balaban J connectivity index is 1.48. The number of halogens is 1. The molecule has 2 aromatic carbocycles. The van der Waals surface area contributed by atoms with Crippen LogP contribution in [0.5, 0.6) is 0 Å². The summed E-state index contributed by atoms with van der Waals surface area (Å²) in [5.41, 5.74) is 1.60. The first kappa shape index (κ1) is 21.4. The number of piperazine rings is 1. The second kappa shape index (κ2) is 9.47.